The number of benzene rings is 3. The summed E-state index contributed by atoms with van der Waals surface area (Å²) >= 11 is 1.20. The minimum absolute atomic E-state index is 0.000114. The normalized spacial score (nSPS) is 14.2. The van der Waals surface area contributed by atoms with Crippen molar-refractivity contribution in [1.29, 1.82) is 0 Å². The van der Waals surface area contributed by atoms with Gasteiger partial charge in [-0.1, -0.05) is 17.4 Å². The molecule has 0 unspecified atom stereocenters. The lowest BCUT2D eigenvalue weighted by molar-refractivity contribution is -0.384. The smallest absolute Gasteiger partial charge is 0.338 e. The largest absolute Gasteiger partial charge is 0.497 e. The van der Waals surface area contributed by atoms with E-state index < -0.39 is 16.9 Å². The molecule has 1 aliphatic rings. The summed E-state index contributed by atoms with van der Waals surface area (Å²) in [6.07, 6.45) is 1.73. The highest BCUT2D eigenvalue weighted by Crippen LogP contribution is 2.37. The molecular formula is C34H33N3O9S. The molecule has 1 aromatic heterocycles. The molecule has 244 valence electrons. The molecule has 47 heavy (non-hydrogen) atoms. The summed E-state index contributed by atoms with van der Waals surface area (Å²) in [7, 11) is 3.05. The number of non-ortho nitro benzene ring substituents is 1. The van der Waals surface area contributed by atoms with Crippen LogP contribution in [0.1, 0.15) is 43.5 Å². The number of carbonyl (C=O) groups is 1. The van der Waals surface area contributed by atoms with E-state index in [1.807, 2.05) is 6.92 Å². The zero-order valence-corrected chi connectivity index (χ0v) is 27.3. The van der Waals surface area contributed by atoms with Crippen molar-refractivity contribution in [3.05, 3.63) is 118 Å². The van der Waals surface area contributed by atoms with E-state index in [0.717, 1.165) is 5.56 Å². The molecule has 0 bridgehead atoms. The molecule has 2 heterocycles. The van der Waals surface area contributed by atoms with Crippen LogP contribution in [-0.4, -0.2) is 42.9 Å². The molecule has 4 aromatic rings. The summed E-state index contributed by atoms with van der Waals surface area (Å²) in [5.74, 6) is 1.37. The van der Waals surface area contributed by atoms with E-state index in [9.17, 15) is 19.7 Å². The number of nitrogens with zero attached hydrogens (tertiary/aromatic N) is 3. The average Bonchev–Trinajstić information content (AvgIpc) is 3.37. The van der Waals surface area contributed by atoms with Crippen LogP contribution in [0, 0.1) is 10.1 Å². The predicted molar refractivity (Wildman–Crippen MR) is 175 cm³/mol. The zero-order chi connectivity index (χ0) is 33.7. The van der Waals surface area contributed by atoms with Gasteiger partial charge in [-0.05, 0) is 74.4 Å². The van der Waals surface area contributed by atoms with E-state index in [2.05, 4.69) is 4.99 Å². The lowest BCUT2D eigenvalue weighted by atomic mass is 9.95. The van der Waals surface area contributed by atoms with E-state index in [0.29, 0.717) is 55.8 Å². The first kappa shape index (κ1) is 32.9. The number of esters is 1. The number of hydrogen-bond donors (Lipinski definition) is 0. The van der Waals surface area contributed by atoms with Crippen molar-refractivity contribution >= 4 is 29.1 Å². The summed E-state index contributed by atoms with van der Waals surface area (Å²) in [4.78, 5) is 42.9. The van der Waals surface area contributed by atoms with Gasteiger partial charge in [0, 0.05) is 23.8 Å². The second-order valence-electron chi connectivity index (χ2n) is 10.3. The Morgan fingerprint density at radius 1 is 0.979 bits per heavy atom. The Morgan fingerprint density at radius 2 is 1.74 bits per heavy atom. The van der Waals surface area contributed by atoms with E-state index in [1.165, 1.54) is 35.1 Å². The van der Waals surface area contributed by atoms with E-state index >= 15 is 0 Å². The van der Waals surface area contributed by atoms with Crippen molar-refractivity contribution in [3.8, 4) is 23.0 Å². The molecule has 1 aliphatic heterocycles. The maximum Gasteiger partial charge on any atom is 0.338 e. The molecule has 13 heteroatoms. The highest BCUT2D eigenvalue weighted by atomic mass is 32.1. The van der Waals surface area contributed by atoms with Crippen molar-refractivity contribution in [2.24, 2.45) is 4.99 Å². The highest BCUT2D eigenvalue weighted by Gasteiger charge is 2.35. The van der Waals surface area contributed by atoms with Crippen molar-refractivity contribution in [2.75, 3.05) is 27.4 Å². The van der Waals surface area contributed by atoms with Crippen molar-refractivity contribution < 1.29 is 33.4 Å². The zero-order valence-electron chi connectivity index (χ0n) is 26.5. The maximum atomic E-state index is 14.1. The lowest BCUT2D eigenvalue weighted by Gasteiger charge is -2.26. The third-order valence-electron chi connectivity index (χ3n) is 7.36. The molecule has 1 atom stereocenters. The Hall–Kier alpha value is -5.43. The molecule has 0 saturated carbocycles. The third-order valence-corrected chi connectivity index (χ3v) is 8.34. The Morgan fingerprint density at radius 3 is 2.40 bits per heavy atom. The Labute approximate surface area is 273 Å². The average molecular weight is 660 g/mol. The van der Waals surface area contributed by atoms with Crippen LogP contribution in [0.4, 0.5) is 5.69 Å². The maximum absolute atomic E-state index is 14.1. The number of nitro groups is 1. The fourth-order valence-electron chi connectivity index (χ4n) is 5.16. The van der Waals surface area contributed by atoms with Gasteiger partial charge in [0.2, 0.25) is 0 Å². The number of fused-ring (bicyclic) bond motifs is 1. The van der Waals surface area contributed by atoms with Crippen LogP contribution in [-0.2, 0) is 16.1 Å². The molecule has 0 aliphatic carbocycles. The Bertz CT molecular complexity index is 2030. The minimum atomic E-state index is -0.859. The lowest BCUT2D eigenvalue weighted by Crippen LogP contribution is -2.40. The quantitative estimate of drug-likeness (QED) is 0.120. The number of thiazole rings is 1. The summed E-state index contributed by atoms with van der Waals surface area (Å²) in [6.45, 7) is 5.99. The fourth-order valence-corrected chi connectivity index (χ4v) is 6.21. The number of nitro benzene ring substituents is 1. The number of aromatic nitrogens is 1. The Balaban J connectivity index is 1.55. The summed E-state index contributed by atoms with van der Waals surface area (Å²) < 4.78 is 30.1. The standard InChI is InChI=1S/C34H33N3O9S/c1-6-44-28-16-22(10-15-26(28)46-19-21-8-11-23(12-9-21)37(40)41)17-29-32(38)36-31(25-14-13-24(42-4)18-27(25)43-5)30(33(39)45-7-2)20(3)35-34(36)47-29/h8-18,31H,6-7,19H2,1-5H3/b29-17-/t31-/m0/s1. The van der Waals surface area contributed by atoms with Crippen molar-refractivity contribution in [3.63, 3.8) is 0 Å². The molecule has 3 aromatic carbocycles. The molecule has 0 amide bonds. The molecule has 0 fully saturated rings. The van der Waals surface area contributed by atoms with Gasteiger partial charge in [-0.3, -0.25) is 19.5 Å². The third kappa shape index (κ3) is 6.89. The molecule has 0 radical (unpaired) electrons. The van der Waals surface area contributed by atoms with Gasteiger partial charge in [0.05, 0.1) is 48.2 Å². The predicted octanol–water partition coefficient (Wildman–Crippen LogP) is 4.70. The van der Waals surface area contributed by atoms with Gasteiger partial charge in [-0.2, -0.15) is 0 Å². The number of allylic oxidation sites excluding steroid dienone is 1. The van der Waals surface area contributed by atoms with Crippen LogP contribution >= 0.6 is 11.3 Å². The highest BCUT2D eigenvalue weighted by molar-refractivity contribution is 7.07. The topological polar surface area (TPSA) is 141 Å². The first-order valence-corrected chi connectivity index (χ1v) is 15.5. The van der Waals surface area contributed by atoms with Gasteiger partial charge >= 0.3 is 5.97 Å². The van der Waals surface area contributed by atoms with Crippen molar-refractivity contribution in [2.45, 2.75) is 33.4 Å². The molecular weight excluding hydrogens is 626 g/mol. The summed E-state index contributed by atoms with van der Waals surface area (Å²) in [6, 6.07) is 15.8. The minimum Gasteiger partial charge on any atom is -0.497 e. The summed E-state index contributed by atoms with van der Waals surface area (Å²) in [5, 5.41) is 11.0. The first-order chi connectivity index (χ1) is 22.7. The van der Waals surface area contributed by atoms with E-state index in [1.54, 1.807) is 75.6 Å². The summed E-state index contributed by atoms with van der Waals surface area (Å²) in [5.41, 5.74) is 2.34. The first-order valence-electron chi connectivity index (χ1n) is 14.7. The molecule has 0 N–H and O–H groups in total. The monoisotopic (exact) mass is 659 g/mol. The van der Waals surface area contributed by atoms with Gasteiger partial charge in [0.15, 0.2) is 16.3 Å². The van der Waals surface area contributed by atoms with Gasteiger partial charge in [0.25, 0.3) is 11.2 Å². The van der Waals surface area contributed by atoms with Gasteiger partial charge in [0.1, 0.15) is 24.1 Å². The van der Waals surface area contributed by atoms with Gasteiger partial charge in [-0.25, -0.2) is 9.79 Å². The second kappa shape index (κ2) is 14.3. The van der Waals surface area contributed by atoms with Crippen LogP contribution in [0.25, 0.3) is 6.08 Å². The van der Waals surface area contributed by atoms with Crippen LogP contribution < -0.4 is 33.8 Å². The molecule has 0 spiro atoms. The number of carbonyl (C=O) groups excluding carboxylic acids is 1. The Kier molecular flexibility index (Phi) is 10.0. The second-order valence-corrected chi connectivity index (χ2v) is 11.3. The van der Waals surface area contributed by atoms with Crippen LogP contribution in [0.15, 0.2) is 81.7 Å². The van der Waals surface area contributed by atoms with Gasteiger partial charge < -0.3 is 23.7 Å². The number of rotatable bonds is 12. The van der Waals surface area contributed by atoms with Gasteiger partial charge in [-0.15, -0.1) is 0 Å². The number of ether oxygens (including phenoxy) is 5. The molecule has 5 rings (SSSR count). The van der Waals surface area contributed by atoms with Crippen LogP contribution in [0.3, 0.4) is 0 Å². The SMILES string of the molecule is CCOC(=O)C1=C(C)N=c2s/c(=C\c3ccc(OCc4ccc([N+](=O)[O-])cc4)c(OCC)c3)c(=O)n2[C@H]1c1ccc(OC)cc1OC. The molecule has 12 nitrogen and oxygen atoms in total. The fraction of sp³-hybridized carbons (Fsp3) is 0.265. The number of hydrogen-bond acceptors (Lipinski definition) is 11. The van der Waals surface area contributed by atoms with E-state index in [4.69, 9.17) is 23.7 Å². The van der Waals surface area contributed by atoms with Crippen LogP contribution in [0.5, 0.6) is 23.0 Å². The van der Waals surface area contributed by atoms with Crippen molar-refractivity contribution in [1.82, 2.24) is 4.57 Å². The number of methoxy groups -OCH3 is 2. The van der Waals surface area contributed by atoms with E-state index in [-0.39, 0.29) is 30.0 Å². The molecule has 0 saturated heterocycles. The van der Waals surface area contributed by atoms with Crippen LogP contribution in [0.2, 0.25) is 0 Å².